The van der Waals surface area contributed by atoms with Crippen LogP contribution in [-0.4, -0.2) is 66.3 Å². The van der Waals surface area contributed by atoms with Crippen molar-refractivity contribution in [3.8, 4) is 0 Å². The quantitative estimate of drug-likeness (QED) is 0.842. The third-order valence-corrected chi connectivity index (χ3v) is 4.23. The van der Waals surface area contributed by atoms with Gasteiger partial charge in [0.05, 0.1) is 12.3 Å². The fourth-order valence-electron chi connectivity index (χ4n) is 2.43. The van der Waals surface area contributed by atoms with Crippen LogP contribution in [0.3, 0.4) is 0 Å². The number of hydrogen-bond acceptors (Lipinski definition) is 4. The Balaban J connectivity index is 1.67. The maximum absolute atomic E-state index is 12.0. The number of nitrogens with zero attached hydrogens (tertiary/aromatic N) is 2. The summed E-state index contributed by atoms with van der Waals surface area (Å²) in [5.41, 5.74) is 1.10. The van der Waals surface area contributed by atoms with Crippen LogP contribution in [0.15, 0.2) is 30.3 Å². The SMILES string of the molecule is CSCC(=O)N1CCN(CC(=O)NCc2ccccc2)CC1. The third-order valence-electron chi connectivity index (χ3n) is 3.69. The molecule has 2 rings (SSSR count). The topological polar surface area (TPSA) is 52.7 Å². The van der Waals surface area contributed by atoms with Crippen LogP contribution < -0.4 is 5.32 Å². The van der Waals surface area contributed by atoms with E-state index in [-0.39, 0.29) is 11.8 Å². The Morgan fingerprint density at radius 2 is 1.82 bits per heavy atom. The Hall–Kier alpha value is -1.53. The molecule has 0 atom stereocenters. The predicted molar refractivity (Wildman–Crippen MR) is 89.7 cm³/mol. The molecular formula is C16H23N3O2S. The highest BCUT2D eigenvalue weighted by atomic mass is 32.2. The lowest BCUT2D eigenvalue weighted by Gasteiger charge is -2.34. The first kappa shape index (κ1) is 16.8. The van der Waals surface area contributed by atoms with Gasteiger partial charge in [0.25, 0.3) is 0 Å². The van der Waals surface area contributed by atoms with Crippen molar-refractivity contribution in [3.05, 3.63) is 35.9 Å². The number of piperazine rings is 1. The van der Waals surface area contributed by atoms with Crippen LogP contribution >= 0.6 is 11.8 Å². The molecule has 0 spiro atoms. The maximum atomic E-state index is 12.0. The summed E-state index contributed by atoms with van der Waals surface area (Å²) in [4.78, 5) is 27.7. The van der Waals surface area contributed by atoms with Crippen LogP contribution in [0.25, 0.3) is 0 Å². The molecule has 1 aromatic carbocycles. The minimum absolute atomic E-state index is 0.0349. The second-order valence-electron chi connectivity index (χ2n) is 5.35. The minimum Gasteiger partial charge on any atom is -0.351 e. The van der Waals surface area contributed by atoms with Crippen molar-refractivity contribution in [2.45, 2.75) is 6.54 Å². The van der Waals surface area contributed by atoms with Crippen molar-refractivity contribution < 1.29 is 9.59 Å². The molecule has 0 bridgehead atoms. The van der Waals surface area contributed by atoms with E-state index in [1.807, 2.05) is 41.5 Å². The van der Waals surface area contributed by atoms with Crippen LogP contribution in [0.1, 0.15) is 5.56 Å². The van der Waals surface area contributed by atoms with Gasteiger partial charge in [0.1, 0.15) is 0 Å². The zero-order valence-electron chi connectivity index (χ0n) is 13.0. The Morgan fingerprint density at radius 1 is 1.14 bits per heavy atom. The van der Waals surface area contributed by atoms with E-state index in [0.717, 1.165) is 18.7 Å². The zero-order chi connectivity index (χ0) is 15.8. The van der Waals surface area contributed by atoms with E-state index in [0.29, 0.717) is 31.9 Å². The summed E-state index contributed by atoms with van der Waals surface area (Å²) in [6.45, 7) is 3.91. The van der Waals surface area contributed by atoms with Gasteiger partial charge in [-0.2, -0.15) is 11.8 Å². The zero-order valence-corrected chi connectivity index (χ0v) is 13.8. The Bertz CT molecular complexity index is 487. The molecule has 0 saturated carbocycles. The van der Waals surface area contributed by atoms with Crippen molar-refractivity contribution in [2.75, 3.05) is 44.7 Å². The molecule has 0 radical (unpaired) electrons. The summed E-state index contributed by atoms with van der Waals surface area (Å²) in [7, 11) is 0. The number of nitrogens with one attached hydrogen (secondary N) is 1. The number of carbonyl (C=O) groups is 2. The molecule has 2 amide bonds. The van der Waals surface area contributed by atoms with Gasteiger partial charge in [-0.05, 0) is 11.8 Å². The Kier molecular flexibility index (Phi) is 6.74. The van der Waals surface area contributed by atoms with Gasteiger partial charge in [0.2, 0.25) is 11.8 Å². The molecule has 6 heteroatoms. The van der Waals surface area contributed by atoms with Gasteiger partial charge < -0.3 is 10.2 Å². The molecule has 0 unspecified atom stereocenters. The Labute approximate surface area is 136 Å². The van der Waals surface area contributed by atoms with Crippen molar-refractivity contribution in [1.82, 2.24) is 15.1 Å². The molecule has 1 N–H and O–H groups in total. The first-order valence-corrected chi connectivity index (χ1v) is 8.88. The number of carbonyl (C=O) groups excluding carboxylic acids is 2. The van der Waals surface area contributed by atoms with Gasteiger partial charge in [-0.25, -0.2) is 0 Å². The largest absolute Gasteiger partial charge is 0.351 e. The first-order valence-electron chi connectivity index (χ1n) is 7.48. The lowest BCUT2D eigenvalue weighted by molar-refractivity contribution is -0.130. The van der Waals surface area contributed by atoms with Crippen LogP contribution in [0.2, 0.25) is 0 Å². The number of hydrogen-bond donors (Lipinski definition) is 1. The highest BCUT2D eigenvalue weighted by Crippen LogP contribution is 2.05. The molecule has 1 aliphatic rings. The van der Waals surface area contributed by atoms with E-state index in [9.17, 15) is 9.59 Å². The fraction of sp³-hybridized carbons (Fsp3) is 0.500. The molecule has 1 aliphatic heterocycles. The number of rotatable bonds is 6. The van der Waals surface area contributed by atoms with Crippen LogP contribution in [0.4, 0.5) is 0 Å². The molecule has 1 aromatic rings. The van der Waals surface area contributed by atoms with Gasteiger partial charge in [0, 0.05) is 32.7 Å². The monoisotopic (exact) mass is 321 g/mol. The standard InChI is InChI=1S/C16H23N3O2S/c1-22-13-16(21)19-9-7-18(8-10-19)12-15(20)17-11-14-5-3-2-4-6-14/h2-6H,7-13H2,1H3,(H,17,20). The van der Waals surface area contributed by atoms with Crippen LogP contribution in [-0.2, 0) is 16.1 Å². The smallest absolute Gasteiger partial charge is 0.234 e. The van der Waals surface area contributed by atoms with Gasteiger partial charge in [-0.3, -0.25) is 14.5 Å². The van der Waals surface area contributed by atoms with Crippen molar-refractivity contribution in [1.29, 1.82) is 0 Å². The fourth-order valence-corrected chi connectivity index (χ4v) is 2.86. The number of thioether (sulfide) groups is 1. The molecule has 1 fully saturated rings. The first-order chi connectivity index (χ1) is 10.7. The van der Waals surface area contributed by atoms with Gasteiger partial charge in [0.15, 0.2) is 0 Å². The van der Waals surface area contributed by atoms with Gasteiger partial charge in [-0.1, -0.05) is 30.3 Å². The Morgan fingerprint density at radius 3 is 2.45 bits per heavy atom. The van der Waals surface area contributed by atoms with Crippen LogP contribution in [0.5, 0.6) is 0 Å². The van der Waals surface area contributed by atoms with Gasteiger partial charge in [-0.15, -0.1) is 0 Å². The average Bonchev–Trinajstić information content (AvgIpc) is 2.55. The summed E-state index contributed by atoms with van der Waals surface area (Å²) in [6.07, 6.45) is 1.94. The summed E-state index contributed by atoms with van der Waals surface area (Å²) in [5, 5.41) is 2.94. The van der Waals surface area contributed by atoms with Crippen LogP contribution in [0, 0.1) is 0 Å². The molecule has 0 aromatic heterocycles. The highest BCUT2D eigenvalue weighted by Gasteiger charge is 2.21. The summed E-state index contributed by atoms with van der Waals surface area (Å²) in [5.74, 6) is 0.769. The maximum Gasteiger partial charge on any atom is 0.234 e. The lowest BCUT2D eigenvalue weighted by atomic mass is 10.2. The summed E-state index contributed by atoms with van der Waals surface area (Å²) < 4.78 is 0. The van der Waals surface area contributed by atoms with E-state index in [1.54, 1.807) is 11.8 Å². The second-order valence-corrected chi connectivity index (χ2v) is 6.22. The molecule has 1 saturated heterocycles. The van der Waals surface area contributed by atoms with E-state index in [1.165, 1.54) is 0 Å². The summed E-state index contributed by atoms with van der Waals surface area (Å²) in [6, 6.07) is 9.88. The normalized spacial score (nSPS) is 15.6. The molecule has 22 heavy (non-hydrogen) atoms. The molecule has 5 nitrogen and oxygen atoms in total. The number of benzene rings is 1. The third kappa shape index (κ3) is 5.35. The van der Waals surface area contributed by atoms with E-state index in [4.69, 9.17) is 0 Å². The summed E-state index contributed by atoms with van der Waals surface area (Å²) >= 11 is 1.55. The minimum atomic E-state index is 0.0349. The molecule has 1 heterocycles. The molecule has 0 aliphatic carbocycles. The highest BCUT2D eigenvalue weighted by molar-refractivity contribution is 7.99. The van der Waals surface area contributed by atoms with Gasteiger partial charge >= 0.3 is 0 Å². The lowest BCUT2D eigenvalue weighted by Crippen LogP contribution is -2.51. The van der Waals surface area contributed by atoms with Crippen molar-refractivity contribution >= 4 is 23.6 Å². The second kappa shape index (κ2) is 8.80. The predicted octanol–water partition coefficient (Wildman–Crippen LogP) is 0.810. The van der Waals surface area contributed by atoms with E-state index >= 15 is 0 Å². The average molecular weight is 321 g/mol. The number of amides is 2. The molecule has 120 valence electrons. The van der Waals surface area contributed by atoms with E-state index < -0.39 is 0 Å². The van der Waals surface area contributed by atoms with Crippen molar-refractivity contribution in [3.63, 3.8) is 0 Å². The van der Waals surface area contributed by atoms with Crippen molar-refractivity contribution in [2.24, 2.45) is 0 Å². The molecular weight excluding hydrogens is 298 g/mol. The van der Waals surface area contributed by atoms with E-state index in [2.05, 4.69) is 10.2 Å².